The fourth-order valence-corrected chi connectivity index (χ4v) is 2.84. The van der Waals surface area contributed by atoms with Crippen LogP contribution in [-0.2, 0) is 6.54 Å². The Kier molecular flexibility index (Phi) is 5.94. The number of piperidine rings is 1. The third kappa shape index (κ3) is 4.93. The lowest BCUT2D eigenvalue weighted by molar-refractivity contribution is 0.137. The maximum Gasteiger partial charge on any atom is 0.144 e. The monoisotopic (exact) mass is 291 g/mol. The number of hydrogen-bond acceptors (Lipinski definition) is 5. The number of aryl methyl sites for hydroxylation is 1. The predicted octanol–water partition coefficient (Wildman–Crippen LogP) is 2.13. The van der Waals surface area contributed by atoms with Crippen molar-refractivity contribution < 1.29 is 0 Å². The molecule has 0 aliphatic carbocycles. The molecule has 1 aliphatic rings. The zero-order chi connectivity index (χ0) is 15.2. The van der Waals surface area contributed by atoms with Crippen LogP contribution < -0.4 is 5.32 Å². The molecule has 21 heavy (non-hydrogen) atoms. The summed E-state index contributed by atoms with van der Waals surface area (Å²) in [6.07, 6.45) is 3.58. The SMILES string of the molecule is CCCNc1cc(C)nc(CN2CCC(N(C)C)CC2)n1. The van der Waals surface area contributed by atoms with Crippen molar-refractivity contribution in [2.45, 2.75) is 45.7 Å². The van der Waals surface area contributed by atoms with E-state index in [4.69, 9.17) is 0 Å². The summed E-state index contributed by atoms with van der Waals surface area (Å²) in [5.41, 5.74) is 1.04. The summed E-state index contributed by atoms with van der Waals surface area (Å²) >= 11 is 0. The smallest absolute Gasteiger partial charge is 0.144 e. The van der Waals surface area contributed by atoms with E-state index in [-0.39, 0.29) is 0 Å². The molecule has 0 saturated carbocycles. The quantitative estimate of drug-likeness (QED) is 0.870. The lowest BCUT2D eigenvalue weighted by Crippen LogP contribution is -2.41. The normalized spacial score (nSPS) is 17.4. The molecule has 1 aromatic rings. The number of aromatic nitrogens is 2. The van der Waals surface area contributed by atoms with Gasteiger partial charge in [0.05, 0.1) is 6.54 Å². The van der Waals surface area contributed by atoms with E-state index < -0.39 is 0 Å². The zero-order valence-corrected chi connectivity index (χ0v) is 13.9. The molecule has 0 spiro atoms. The lowest BCUT2D eigenvalue weighted by atomic mass is 10.0. The van der Waals surface area contributed by atoms with Crippen LogP contribution in [0.5, 0.6) is 0 Å². The average molecular weight is 291 g/mol. The first kappa shape index (κ1) is 16.2. The Balaban J connectivity index is 1.92. The van der Waals surface area contributed by atoms with Crippen molar-refractivity contribution >= 4 is 5.82 Å². The Morgan fingerprint density at radius 3 is 2.62 bits per heavy atom. The van der Waals surface area contributed by atoms with Gasteiger partial charge >= 0.3 is 0 Å². The van der Waals surface area contributed by atoms with Crippen LogP contribution >= 0.6 is 0 Å². The molecule has 0 aromatic carbocycles. The third-order valence-corrected chi connectivity index (χ3v) is 4.11. The first-order valence-corrected chi connectivity index (χ1v) is 8.05. The van der Waals surface area contributed by atoms with E-state index in [1.807, 2.05) is 13.0 Å². The fraction of sp³-hybridized carbons (Fsp3) is 0.750. The molecule has 0 atom stereocenters. The summed E-state index contributed by atoms with van der Waals surface area (Å²) in [5.74, 6) is 1.90. The van der Waals surface area contributed by atoms with E-state index in [0.717, 1.165) is 56.0 Å². The molecule has 5 nitrogen and oxygen atoms in total. The number of anilines is 1. The van der Waals surface area contributed by atoms with Gasteiger partial charge in [0.25, 0.3) is 0 Å². The van der Waals surface area contributed by atoms with Gasteiger partial charge in [-0.1, -0.05) is 6.92 Å². The Hall–Kier alpha value is -1.20. The molecular formula is C16H29N5. The maximum atomic E-state index is 4.65. The Labute approximate surface area is 128 Å². The molecule has 0 unspecified atom stereocenters. The van der Waals surface area contributed by atoms with E-state index >= 15 is 0 Å². The topological polar surface area (TPSA) is 44.3 Å². The Morgan fingerprint density at radius 1 is 1.29 bits per heavy atom. The minimum Gasteiger partial charge on any atom is -0.370 e. The molecule has 118 valence electrons. The van der Waals surface area contributed by atoms with Crippen LogP contribution in [0, 0.1) is 6.92 Å². The molecular weight excluding hydrogens is 262 g/mol. The van der Waals surface area contributed by atoms with E-state index in [9.17, 15) is 0 Å². The summed E-state index contributed by atoms with van der Waals surface area (Å²) in [6, 6.07) is 2.75. The second kappa shape index (κ2) is 7.71. The highest BCUT2D eigenvalue weighted by Crippen LogP contribution is 2.16. The van der Waals surface area contributed by atoms with Crippen molar-refractivity contribution in [1.29, 1.82) is 0 Å². The molecule has 0 bridgehead atoms. The van der Waals surface area contributed by atoms with Crippen LogP contribution in [0.15, 0.2) is 6.07 Å². The summed E-state index contributed by atoms with van der Waals surface area (Å²) in [7, 11) is 4.35. The molecule has 1 aromatic heterocycles. The van der Waals surface area contributed by atoms with Crippen molar-refractivity contribution in [2.75, 3.05) is 39.0 Å². The van der Waals surface area contributed by atoms with Gasteiger partial charge in [0.1, 0.15) is 11.6 Å². The molecule has 2 heterocycles. The standard InChI is InChI=1S/C16H29N5/c1-5-8-17-15-11-13(2)18-16(19-15)12-21-9-6-14(7-10-21)20(3)4/h11,14H,5-10,12H2,1-4H3,(H,17,18,19). The van der Waals surface area contributed by atoms with Crippen molar-refractivity contribution in [3.8, 4) is 0 Å². The molecule has 1 saturated heterocycles. The molecule has 2 rings (SSSR count). The highest BCUT2D eigenvalue weighted by molar-refractivity contribution is 5.35. The van der Waals surface area contributed by atoms with Crippen LogP contribution in [0.3, 0.4) is 0 Å². The van der Waals surface area contributed by atoms with Crippen LogP contribution in [0.2, 0.25) is 0 Å². The number of nitrogens with zero attached hydrogens (tertiary/aromatic N) is 4. The first-order valence-electron chi connectivity index (χ1n) is 8.05. The minimum absolute atomic E-state index is 0.724. The second-order valence-corrected chi connectivity index (χ2v) is 6.21. The van der Waals surface area contributed by atoms with Crippen LogP contribution in [0.4, 0.5) is 5.82 Å². The van der Waals surface area contributed by atoms with Gasteiger partial charge in [0.15, 0.2) is 0 Å². The van der Waals surface area contributed by atoms with Crippen molar-refractivity contribution in [3.05, 3.63) is 17.6 Å². The highest BCUT2D eigenvalue weighted by atomic mass is 15.2. The minimum atomic E-state index is 0.724. The zero-order valence-electron chi connectivity index (χ0n) is 13.9. The molecule has 0 radical (unpaired) electrons. The fourth-order valence-electron chi connectivity index (χ4n) is 2.84. The van der Waals surface area contributed by atoms with E-state index in [0.29, 0.717) is 0 Å². The average Bonchev–Trinajstić information content (AvgIpc) is 2.45. The van der Waals surface area contributed by atoms with Gasteiger partial charge in [-0.3, -0.25) is 4.90 Å². The highest BCUT2D eigenvalue weighted by Gasteiger charge is 2.21. The third-order valence-electron chi connectivity index (χ3n) is 4.11. The maximum absolute atomic E-state index is 4.65. The number of rotatable bonds is 6. The lowest BCUT2D eigenvalue weighted by Gasteiger charge is -2.34. The molecule has 0 amide bonds. The van der Waals surface area contributed by atoms with Crippen LogP contribution in [0.25, 0.3) is 0 Å². The van der Waals surface area contributed by atoms with Gasteiger partial charge < -0.3 is 10.2 Å². The van der Waals surface area contributed by atoms with Gasteiger partial charge in [-0.15, -0.1) is 0 Å². The Bertz CT molecular complexity index is 438. The van der Waals surface area contributed by atoms with Gasteiger partial charge in [0, 0.05) is 37.4 Å². The van der Waals surface area contributed by atoms with Crippen LogP contribution in [0.1, 0.15) is 37.7 Å². The summed E-state index contributed by atoms with van der Waals surface area (Å²) in [6.45, 7) is 8.31. The van der Waals surface area contributed by atoms with E-state index in [1.165, 1.54) is 12.8 Å². The van der Waals surface area contributed by atoms with Gasteiger partial charge in [-0.05, 0) is 40.3 Å². The van der Waals surface area contributed by atoms with Gasteiger partial charge in [-0.25, -0.2) is 9.97 Å². The van der Waals surface area contributed by atoms with Crippen LogP contribution in [-0.4, -0.2) is 59.5 Å². The predicted molar refractivity (Wildman–Crippen MR) is 87.5 cm³/mol. The van der Waals surface area contributed by atoms with E-state index in [1.54, 1.807) is 0 Å². The molecule has 5 heteroatoms. The number of nitrogens with one attached hydrogen (secondary N) is 1. The second-order valence-electron chi connectivity index (χ2n) is 6.21. The van der Waals surface area contributed by atoms with Crippen molar-refractivity contribution in [2.24, 2.45) is 0 Å². The van der Waals surface area contributed by atoms with Gasteiger partial charge in [0.2, 0.25) is 0 Å². The first-order chi connectivity index (χ1) is 10.1. The van der Waals surface area contributed by atoms with Crippen molar-refractivity contribution in [3.63, 3.8) is 0 Å². The molecule has 1 aliphatic heterocycles. The number of likely N-dealkylation sites (tertiary alicyclic amines) is 1. The molecule has 1 fully saturated rings. The Morgan fingerprint density at radius 2 is 2.00 bits per heavy atom. The van der Waals surface area contributed by atoms with Crippen molar-refractivity contribution in [1.82, 2.24) is 19.8 Å². The largest absolute Gasteiger partial charge is 0.370 e. The van der Waals surface area contributed by atoms with Gasteiger partial charge in [-0.2, -0.15) is 0 Å². The number of hydrogen-bond donors (Lipinski definition) is 1. The van der Waals surface area contributed by atoms with E-state index in [2.05, 4.69) is 46.1 Å². The summed E-state index contributed by atoms with van der Waals surface area (Å²) in [5, 5.41) is 3.36. The molecule has 1 N–H and O–H groups in total. The summed E-state index contributed by atoms with van der Waals surface area (Å²) < 4.78 is 0. The summed E-state index contributed by atoms with van der Waals surface area (Å²) in [4.78, 5) is 14.0.